The van der Waals surface area contributed by atoms with E-state index in [2.05, 4.69) is 0 Å². The number of halogens is 1. The molecule has 20 heavy (non-hydrogen) atoms. The zero-order valence-corrected chi connectivity index (χ0v) is 11.6. The molecule has 2 unspecified atom stereocenters. The molecule has 0 radical (unpaired) electrons. The Bertz CT molecular complexity index is 489. The molecule has 1 aromatic carbocycles. The van der Waals surface area contributed by atoms with Gasteiger partial charge >= 0.3 is 6.09 Å². The topological polar surface area (TPSA) is 46.6 Å². The molecule has 2 rings (SSSR count). The number of amides is 2. The number of cyclic esters (lactones) is 1. The van der Waals surface area contributed by atoms with E-state index in [1.165, 1.54) is 0 Å². The van der Waals surface area contributed by atoms with Crippen molar-refractivity contribution in [1.29, 1.82) is 0 Å². The van der Waals surface area contributed by atoms with E-state index in [0.717, 1.165) is 10.5 Å². The number of rotatable bonds is 4. The zero-order chi connectivity index (χ0) is 14.7. The fraction of sp³-hybridized carbons (Fsp3) is 0.467. The van der Waals surface area contributed by atoms with Crippen LogP contribution in [-0.2, 0) is 16.0 Å². The lowest BCUT2D eigenvalue weighted by molar-refractivity contribution is -0.135. The Morgan fingerprint density at radius 2 is 2.05 bits per heavy atom. The largest absolute Gasteiger partial charge is 0.447 e. The molecule has 1 aliphatic rings. The standard InChI is InChI=1S/C15H18FNO3/c1-10(2)13(16)14(18)17-12(9-20-15(17)19)8-11-6-4-3-5-7-11/h3-7,10,12-13H,8-9H2,1-2H3. The quantitative estimate of drug-likeness (QED) is 0.851. The summed E-state index contributed by atoms with van der Waals surface area (Å²) >= 11 is 0. The van der Waals surface area contributed by atoms with E-state index < -0.39 is 30.1 Å². The van der Waals surface area contributed by atoms with Crippen LogP contribution in [0.5, 0.6) is 0 Å². The first-order chi connectivity index (χ1) is 9.50. The minimum Gasteiger partial charge on any atom is -0.447 e. The molecule has 1 saturated heterocycles. The van der Waals surface area contributed by atoms with Crippen molar-refractivity contribution < 1.29 is 18.7 Å². The highest BCUT2D eigenvalue weighted by Gasteiger charge is 2.41. The minimum absolute atomic E-state index is 0.115. The van der Waals surface area contributed by atoms with Crippen LogP contribution in [0.3, 0.4) is 0 Å². The number of nitrogens with zero attached hydrogens (tertiary/aromatic N) is 1. The van der Waals surface area contributed by atoms with E-state index in [4.69, 9.17) is 4.74 Å². The van der Waals surface area contributed by atoms with Crippen molar-refractivity contribution in [3.05, 3.63) is 35.9 Å². The highest BCUT2D eigenvalue weighted by atomic mass is 19.1. The van der Waals surface area contributed by atoms with Crippen molar-refractivity contribution >= 4 is 12.0 Å². The van der Waals surface area contributed by atoms with Gasteiger partial charge in [-0.15, -0.1) is 0 Å². The summed E-state index contributed by atoms with van der Waals surface area (Å²) < 4.78 is 18.8. The average Bonchev–Trinajstić information content (AvgIpc) is 2.79. The molecule has 0 spiro atoms. The van der Waals surface area contributed by atoms with Gasteiger partial charge in [0.1, 0.15) is 6.61 Å². The number of carbonyl (C=O) groups excluding carboxylic acids is 2. The first-order valence-electron chi connectivity index (χ1n) is 6.68. The van der Waals surface area contributed by atoms with Crippen LogP contribution < -0.4 is 0 Å². The lowest BCUT2D eigenvalue weighted by Gasteiger charge is -2.22. The third-order valence-corrected chi connectivity index (χ3v) is 3.33. The molecule has 2 amide bonds. The van der Waals surface area contributed by atoms with E-state index in [9.17, 15) is 14.0 Å². The fourth-order valence-corrected chi connectivity index (χ4v) is 2.18. The summed E-state index contributed by atoms with van der Waals surface area (Å²) in [6, 6.07) is 9.02. The molecule has 0 saturated carbocycles. The summed E-state index contributed by atoms with van der Waals surface area (Å²) in [6.45, 7) is 3.33. The van der Waals surface area contributed by atoms with Gasteiger partial charge in [0.25, 0.3) is 5.91 Å². The number of alkyl halides is 1. The van der Waals surface area contributed by atoms with Gasteiger partial charge < -0.3 is 4.74 Å². The molecule has 0 N–H and O–H groups in total. The lowest BCUT2D eigenvalue weighted by Crippen LogP contribution is -2.45. The molecule has 1 fully saturated rings. The maximum Gasteiger partial charge on any atom is 0.417 e. The van der Waals surface area contributed by atoms with E-state index in [-0.39, 0.29) is 6.61 Å². The average molecular weight is 279 g/mol. The fourth-order valence-electron chi connectivity index (χ4n) is 2.18. The van der Waals surface area contributed by atoms with Crippen molar-refractivity contribution in [3.63, 3.8) is 0 Å². The van der Waals surface area contributed by atoms with Crippen molar-refractivity contribution in [1.82, 2.24) is 4.90 Å². The van der Waals surface area contributed by atoms with Crippen LogP contribution >= 0.6 is 0 Å². The number of carbonyl (C=O) groups is 2. The Labute approximate surface area is 117 Å². The highest BCUT2D eigenvalue weighted by Crippen LogP contribution is 2.21. The summed E-state index contributed by atoms with van der Waals surface area (Å²) in [5, 5.41) is 0. The molecular weight excluding hydrogens is 261 g/mol. The van der Waals surface area contributed by atoms with Crippen molar-refractivity contribution in [2.75, 3.05) is 6.61 Å². The first kappa shape index (κ1) is 14.5. The van der Waals surface area contributed by atoms with Gasteiger partial charge in [0, 0.05) is 0 Å². The smallest absolute Gasteiger partial charge is 0.417 e. The van der Waals surface area contributed by atoms with Gasteiger partial charge in [-0.05, 0) is 17.9 Å². The Hall–Kier alpha value is -1.91. The summed E-state index contributed by atoms with van der Waals surface area (Å²) in [4.78, 5) is 24.6. The molecule has 108 valence electrons. The van der Waals surface area contributed by atoms with Crippen LogP contribution in [-0.4, -0.2) is 35.7 Å². The molecule has 1 aromatic rings. The molecule has 5 heteroatoms. The predicted octanol–water partition coefficient (Wildman–Crippen LogP) is 2.57. The second-order valence-corrected chi connectivity index (χ2v) is 5.27. The first-order valence-corrected chi connectivity index (χ1v) is 6.68. The summed E-state index contributed by atoms with van der Waals surface area (Å²) in [5.41, 5.74) is 0.980. The third-order valence-electron chi connectivity index (χ3n) is 3.33. The molecule has 0 aliphatic carbocycles. The summed E-state index contributed by atoms with van der Waals surface area (Å²) in [6.07, 6.45) is -1.96. The van der Waals surface area contributed by atoms with Crippen LogP contribution in [0.4, 0.5) is 9.18 Å². The second-order valence-electron chi connectivity index (χ2n) is 5.27. The lowest BCUT2D eigenvalue weighted by atomic mass is 10.0. The maximum atomic E-state index is 13.9. The number of ether oxygens (including phenoxy) is 1. The molecule has 1 aliphatic heterocycles. The van der Waals surface area contributed by atoms with Crippen molar-refractivity contribution in [2.45, 2.75) is 32.5 Å². The second kappa shape index (κ2) is 6.03. The highest BCUT2D eigenvalue weighted by molar-refractivity contribution is 5.96. The van der Waals surface area contributed by atoms with Gasteiger partial charge in [-0.25, -0.2) is 14.1 Å². The molecule has 0 bridgehead atoms. The van der Waals surface area contributed by atoms with E-state index in [1.54, 1.807) is 13.8 Å². The third kappa shape index (κ3) is 2.98. The monoisotopic (exact) mass is 279 g/mol. The zero-order valence-electron chi connectivity index (χ0n) is 11.6. The minimum atomic E-state index is -1.68. The van der Waals surface area contributed by atoms with Crippen LogP contribution in [0.1, 0.15) is 19.4 Å². The van der Waals surface area contributed by atoms with Crippen LogP contribution in [0.25, 0.3) is 0 Å². The van der Waals surface area contributed by atoms with Crippen molar-refractivity contribution in [2.24, 2.45) is 5.92 Å². The van der Waals surface area contributed by atoms with Gasteiger partial charge in [0.2, 0.25) is 0 Å². The molecule has 1 heterocycles. The number of benzene rings is 1. The van der Waals surface area contributed by atoms with E-state index >= 15 is 0 Å². The number of imide groups is 1. The van der Waals surface area contributed by atoms with Crippen LogP contribution in [0.15, 0.2) is 30.3 Å². The molecule has 2 atom stereocenters. The SMILES string of the molecule is CC(C)C(F)C(=O)N1C(=O)OCC1Cc1ccccc1. The summed E-state index contributed by atoms with van der Waals surface area (Å²) in [5.74, 6) is -1.27. The number of hydrogen-bond donors (Lipinski definition) is 0. The summed E-state index contributed by atoms with van der Waals surface area (Å²) in [7, 11) is 0. The van der Waals surface area contributed by atoms with E-state index in [0.29, 0.717) is 6.42 Å². The number of hydrogen-bond acceptors (Lipinski definition) is 3. The van der Waals surface area contributed by atoms with Crippen molar-refractivity contribution in [3.8, 4) is 0 Å². The van der Waals surface area contributed by atoms with Gasteiger partial charge in [-0.3, -0.25) is 4.79 Å². The molecular formula is C15H18FNO3. The predicted molar refractivity (Wildman–Crippen MR) is 71.9 cm³/mol. The van der Waals surface area contributed by atoms with Gasteiger partial charge in [0.15, 0.2) is 6.17 Å². The normalized spacial score (nSPS) is 20.1. The van der Waals surface area contributed by atoms with Gasteiger partial charge in [-0.2, -0.15) is 0 Å². The van der Waals surface area contributed by atoms with E-state index in [1.807, 2.05) is 30.3 Å². The Kier molecular flexibility index (Phi) is 4.37. The van der Waals surface area contributed by atoms with Crippen LogP contribution in [0, 0.1) is 5.92 Å². The molecule has 0 aromatic heterocycles. The van der Waals surface area contributed by atoms with Crippen LogP contribution in [0.2, 0.25) is 0 Å². The Balaban J connectivity index is 2.13. The van der Waals surface area contributed by atoms with Gasteiger partial charge in [0.05, 0.1) is 6.04 Å². The maximum absolute atomic E-state index is 13.9. The molecule has 4 nitrogen and oxygen atoms in total. The Morgan fingerprint density at radius 1 is 1.40 bits per heavy atom. The Morgan fingerprint density at radius 3 is 2.65 bits per heavy atom. The van der Waals surface area contributed by atoms with Gasteiger partial charge in [-0.1, -0.05) is 44.2 Å².